The van der Waals surface area contributed by atoms with E-state index in [4.69, 9.17) is 0 Å². The highest BCUT2D eigenvalue weighted by molar-refractivity contribution is 5.34. The molecule has 0 aliphatic heterocycles. The highest BCUT2D eigenvalue weighted by Crippen LogP contribution is 2.62. The monoisotopic (exact) mass is 430 g/mol. The minimum absolute atomic E-state index is 0.0995. The van der Waals surface area contributed by atoms with Gasteiger partial charge in [0.1, 0.15) is 5.75 Å². The quantitative estimate of drug-likeness (QED) is 0.456. The lowest BCUT2D eigenvalue weighted by Gasteiger charge is -2.53. The minimum atomic E-state index is -1.04. The summed E-state index contributed by atoms with van der Waals surface area (Å²) in [6.07, 6.45) is 7.01. The SMILES string of the molecule is Cc1ccc(O)cc1CC[C@]1(O)[C@H](O)CC[C@]2(C)[C@@H]([C@H](C)CC[C@H](C)C(C)C)CC[C@H]21. The number of hydrogen-bond donors (Lipinski definition) is 3. The molecule has 2 aliphatic carbocycles. The minimum Gasteiger partial charge on any atom is -0.508 e. The maximum Gasteiger partial charge on any atom is 0.115 e. The second-order valence-electron chi connectivity index (χ2n) is 11.7. The average Bonchev–Trinajstić information content (AvgIpc) is 3.08. The van der Waals surface area contributed by atoms with Crippen molar-refractivity contribution in [3.8, 4) is 5.75 Å². The zero-order valence-corrected chi connectivity index (χ0v) is 20.7. The largest absolute Gasteiger partial charge is 0.508 e. The maximum atomic E-state index is 11.9. The highest BCUT2D eigenvalue weighted by Gasteiger charge is 2.60. The summed E-state index contributed by atoms with van der Waals surface area (Å²) in [6, 6.07) is 5.45. The van der Waals surface area contributed by atoms with Crippen LogP contribution < -0.4 is 0 Å². The van der Waals surface area contributed by atoms with E-state index in [0.717, 1.165) is 35.8 Å². The summed E-state index contributed by atoms with van der Waals surface area (Å²) < 4.78 is 0. The molecule has 0 spiro atoms. The molecule has 0 radical (unpaired) electrons. The molecular formula is C28H46O3. The fourth-order valence-corrected chi connectivity index (χ4v) is 6.97. The van der Waals surface area contributed by atoms with E-state index in [1.807, 2.05) is 19.1 Å². The fourth-order valence-electron chi connectivity index (χ4n) is 6.97. The molecule has 1 aromatic carbocycles. The Bertz CT molecular complexity index is 744. The Labute approximate surface area is 190 Å². The predicted octanol–water partition coefficient (Wildman–Crippen LogP) is 6.26. The van der Waals surface area contributed by atoms with Crippen molar-refractivity contribution in [1.82, 2.24) is 0 Å². The van der Waals surface area contributed by atoms with Gasteiger partial charge in [-0.3, -0.25) is 0 Å². The molecule has 31 heavy (non-hydrogen) atoms. The molecule has 2 fully saturated rings. The maximum absolute atomic E-state index is 11.9. The number of rotatable bonds is 8. The number of aliphatic hydroxyl groups excluding tert-OH is 1. The van der Waals surface area contributed by atoms with Crippen molar-refractivity contribution in [2.45, 2.75) is 105 Å². The van der Waals surface area contributed by atoms with Gasteiger partial charge in [0.05, 0.1) is 11.7 Å². The van der Waals surface area contributed by atoms with Gasteiger partial charge in [0.25, 0.3) is 0 Å². The van der Waals surface area contributed by atoms with Crippen LogP contribution in [-0.4, -0.2) is 27.0 Å². The fraction of sp³-hybridized carbons (Fsp3) is 0.786. The van der Waals surface area contributed by atoms with Gasteiger partial charge in [-0.2, -0.15) is 0 Å². The van der Waals surface area contributed by atoms with Gasteiger partial charge in [0.15, 0.2) is 0 Å². The van der Waals surface area contributed by atoms with Crippen LogP contribution in [0.25, 0.3) is 0 Å². The van der Waals surface area contributed by atoms with Gasteiger partial charge in [-0.25, -0.2) is 0 Å². The second-order valence-corrected chi connectivity index (χ2v) is 11.7. The number of aliphatic hydroxyl groups is 2. The number of benzene rings is 1. The van der Waals surface area contributed by atoms with Crippen LogP contribution in [0.3, 0.4) is 0 Å². The molecular weight excluding hydrogens is 384 g/mol. The molecule has 0 bridgehead atoms. The van der Waals surface area contributed by atoms with E-state index in [2.05, 4.69) is 34.6 Å². The smallest absolute Gasteiger partial charge is 0.115 e. The first-order valence-corrected chi connectivity index (χ1v) is 12.7. The Kier molecular flexibility index (Phi) is 7.48. The summed E-state index contributed by atoms with van der Waals surface area (Å²) in [4.78, 5) is 0. The van der Waals surface area contributed by atoms with E-state index >= 15 is 0 Å². The van der Waals surface area contributed by atoms with Gasteiger partial charge in [-0.15, -0.1) is 0 Å². The summed E-state index contributed by atoms with van der Waals surface area (Å²) in [5.41, 5.74) is 1.26. The number of hydrogen-bond acceptors (Lipinski definition) is 3. The van der Waals surface area contributed by atoms with E-state index in [9.17, 15) is 15.3 Å². The van der Waals surface area contributed by atoms with Crippen LogP contribution in [0.2, 0.25) is 0 Å². The Morgan fingerprint density at radius 3 is 2.45 bits per heavy atom. The molecule has 3 nitrogen and oxygen atoms in total. The van der Waals surface area contributed by atoms with Crippen LogP contribution >= 0.6 is 0 Å². The van der Waals surface area contributed by atoms with E-state index in [1.54, 1.807) is 6.07 Å². The standard InChI is InChI=1S/C28H46O3/c1-18(2)19(3)7-8-21(5)24-11-12-25-27(24,6)15-14-26(30)28(25,31)16-13-22-17-23(29)10-9-20(22)4/h9-10,17-19,21,24-26,29-31H,7-8,11-16H2,1-6H3/t19-,21+,24+,25+,26+,27+,28+/m0/s1. The third-order valence-electron chi connectivity index (χ3n) is 9.58. The van der Waals surface area contributed by atoms with Crippen molar-refractivity contribution in [1.29, 1.82) is 0 Å². The van der Waals surface area contributed by atoms with Crippen molar-refractivity contribution in [3.63, 3.8) is 0 Å². The number of phenols is 1. The lowest BCUT2D eigenvalue weighted by molar-refractivity contribution is -0.181. The number of aryl methyl sites for hydroxylation is 2. The van der Waals surface area contributed by atoms with E-state index < -0.39 is 11.7 Å². The molecule has 176 valence electrons. The van der Waals surface area contributed by atoms with Crippen LogP contribution in [0.1, 0.15) is 90.7 Å². The summed E-state index contributed by atoms with van der Waals surface area (Å²) in [5.74, 6) is 3.18. The Morgan fingerprint density at radius 2 is 1.77 bits per heavy atom. The van der Waals surface area contributed by atoms with Gasteiger partial charge in [-0.1, -0.05) is 53.5 Å². The van der Waals surface area contributed by atoms with Crippen LogP contribution in [0, 0.1) is 41.9 Å². The van der Waals surface area contributed by atoms with Crippen LogP contribution in [-0.2, 0) is 6.42 Å². The zero-order valence-electron chi connectivity index (χ0n) is 20.7. The first kappa shape index (κ1) is 24.6. The third kappa shape index (κ3) is 4.83. The van der Waals surface area contributed by atoms with Crippen molar-refractivity contribution in [2.24, 2.45) is 35.0 Å². The molecule has 7 atom stereocenters. The normalized spacial score (nSPS) is 35.2. The Balaban J connectivity index is 1.74. The third-order valence-corrected chi connectivity index (χ3v) is 9.58. The van der Waals surface area contributed by atoms with Gasteiger partial charge in [0, 0.05) is 0 Å². The molecule has 3 heteroatoms. The Morgan fingerprint density at radius 1 is 1.06 bits per heavy atom. The van der Waals surface area contributed by atoms with Crippen molar-refractivity contribution < 1.29 is 15.3 Å². The molecule has 0 amide bonds. The lowest BCUT2D eigenvalue weighted by Crippen LogP contribution is -2.58. The number of phenolic OH excluding ortho intramolecular Hbond substituents is 1. The topological polar surface area (TPSA) is 60.7 Å². The van der Waals surface area contributed by atoms with Crippen LogP contribution in [0.15, 0.2) is 18.2 Å². The average molecular weight is 431 g/mol. The molecule has 3 rings (SSSR count). The molecule has 2 saturated carbocycles. The van der Waals surface area contributed by atoms with Crippen molar-refractivity contribution in [2.75, 3.05) is 0 Å². The van der Waals surface area contributed by atoms with Gasteiger partial charge < -0.3 is 15.3 Å². The number of fused-ring (bicyclic) bond motifs is 1. The van der Waals surface area contributed by atoms with Gasteiger partial charge in [0.2, 0.25) is 0 Å². The van der Waals surface area contributed by atoms with Crippen molar-refractivity contribution >= 4 is 0 Å². The Hall–Kier alpha value is -1.06. The summed E-state index contributed by atoms with van der Waals surface area (Å²) in [5, 5.41) is 32.7. The van der Waals surface area contributed by atoms with Crippen LogP contribution in [0.5, 0.6) is 5.75 Å². The molecule has 1 aromatic rings. The van der Waals surface area contributed by atoms with E-state index in [-0.39, 0.29) is 17.1 Å². The summed E-state index contributed by atoms with van der Waals surface area (Å²) >= 11 is 0. The molecule has 3 N–H and O–H groups in total. The molecule has 2 aliphatic rings. The first-order valence-electron chi connectivity index (χ1n) is 12.7. The van der Waals surface area contributed by atoms with Crippen molar-refractivity contribution in [3.05, 3.63) is 29.3 Å². The lowest BCUT2D eigenvalue weighted by atomic mass is 9.55. The molecule has 0 unspecified atom stereocenters. The summed E-state index contributed by atoms with van der Waals surface area (Å²) in [7, 11) is 0. The van der Waals surface area contributed by atoms with E-state index in [1.165, 1.54) is 19.3 Å². The number of aromatic hydroxyl groups is 1. The molecule has 0 aromatic heterocycles. The highest BCUT2D eigenvalue weighted by atomic mass is 16.3. The molecule has 0 saturated heterocycles. The first-order chi connectivity index (χ1) is 14.5. The van der Waals surface area contributed by atoms with Gasteiger partial charge >= 0.3 is 0 Å². The predicted molar refractivity (Wildman–Crippen MR) is 128 cm³/mol. The van der Waals surface area contributed by atoms with Crippen LogP contribution in [0.4, 0.5) is 0 Å². The second kappa shape index (κ2) is 9.43. The summed E-state index contributed by atoms with van der Waals surface area (Å²) in [6.45, 7) is 13.9. The van der Waals surface area contributed by atoms with Gasteiger partial charge in [-0.05, 0) is 104 Å². The zero-order chi connectivity index (χ0) is 23.0. The molecule has 0 heterocycles. The van der Waals surface area contributed by atoms with E-state index in [0.29, 0.717) is 31.1 Å².